The van der Waals surface area contributed by atoms with Crippen molar-refractivity contribution in [2.45, 2.75) is 59.3 Å². The lowest BCUT2D eigenvalue weighted by Gasteiger charge is -2.27. The lowest BCUT2D eigenvalue weighted by molar-refractivity contribution is 0.277. The number of allylic oxidation sites excluding steroid dienone is 1. The lowest BCUT2D eigenvalue weighted by Crippen LogP contribution is -2.15. The van der Waals surface area contributed by atoms with Gasteiger partial charge >= 0.3 is 0 Å². The highest BCUT2D eigenvalue weighted by Gasteiger charge is 2.38. The summed E-state index contributed by atoms with van der Waals surface area (Å²) in [6, 6.07) is 0. The fourth-order valence-electron chi connectivity index (χ4n) is 3.63. The smallest absolute Gasteiger partial charge is 0.0173 e. The van der Waals surface area contributed by atoms with Crippen LogP contribution < -0.4 is 0 Å². The molecule has 86 valence electrons. The van der Waals surface area contributed by atoms with Crippen molar-refractivity contribution in [2.75, 3.05) is 0 Å². The highest BCUT2D eigenvalue weighted by atomic mass is 14.4. The average Bonchev–Trinajstić information content (AvgIpc) is 2.58. The maximum atomic E-state index is 4.37. The summed E-state index contributed by atoms with van der Waals surface area (Å²) in [6.07, 6.45) is 8.85. The first-order valence-corrected chi connectivity index (χ1v) is 6.68. The molecule has 0 aliphatic heterocycles. The number of hydrogen-bond acceptors (Lipinski definition) is 0. The molecule has 2 fully saturated rings. The molecule has 0 spiro atoms. The molecule has 0 saturated heterocycles. The Balaban J connectivity index is 2.00. The summed E-state index contributed by atoms with van der Waals surface area (Å²) in [6.45, 7) is 11.3. The van der Waals surface area contributed by atoms with Crippen LogP contribution >= 0.6 is 0 Å². The van der Waals surface area contributed by atoms with Crippen LogP contribution in [0.25, 0.3) is 0 Å². The van der Waals surface area contributed by atoms with Crippen molar-refractivity contribution in [3.63, 3.8) is 0 Å². The Morgan fingerprint density at radius 2 is 1.47 bits per heavy atom. The van der Waals surface area contributed by atoms with Crippen molar-refractivity contribution in [3.05, 3.63) is 12.2 Å². The van der Waals surface area contributed by atoms with Crippen LogP contribution in [-0.4, -0.2) is 0 Å². The SMILES string of the molecule is C=C(C1CC2CCCCC2C1)C(C)(C)C. The topological polar surface area (TPSA) is 0 Å². The van der Waals surface area contributed by atoms with E-state index in [9.17, 15) is 0 Å². The van der Waals surface area contributed by atoms with Crippen LogP contribution in [0.15, 0.2) is 12.2 Å². The first-order chi connectivity index (χ1) is 6.98. The predicted octanol–water partition coefficient (Wildman–Crippen LogP) is 4.81. The molecule has 0 aromatic heterocycles. The quantitative estimate of drug-likeness (QED) is 0.540. The standard InChI is InChI=1S/C15H26/c1-11(15(2,3)4)14-9-12-7-5-6-8-13(12)10-14/h12-14H,1,5-10H2,2-4H3. The molecule has 15 heavy (non-hydrogen) atoms. The molecular weight excluding hydrogens is 180 g/mol. The fourth-order valence-corrected chi connectivity index (χ4v) is 3.63. The second-order valence-electron chi connectivity index (χ2n) is 6.75. The summed E-state index contributed by atoms with van der Waals surface area (Å²) in [7, 11) is 0. The van der Waals surface area contributed by atoms with E-state index < -0.39 is 0 Å². The predicted molar refractivity (Wildman–Crippen MR) is 66.8 cm³/mol. The molecule has 0 radical (unpaired) electrons. The average molecular weight is 206 g/mol. The van der Waals surface area contributed by atoms with Crippen LogP contribution in [0.2, 0.25) is 0 Å². The molecule has 0 nitrogen and oxygen atoms in total. The number of fused-ring (bicyclic) bond motifs is 1. The highest BCUT2D eigenvalue weighted by molar-refractivity contribution is 5.13. The summed E-state index contributed by atoms with van der Waals surface area (Å²) < 4.78 is 0. The van der Waals surface area contributed by atoms with Crippen molar-refractivity contribution in [2.24, 2.45) is 23.2 Å². The molecule has 0 heteroatoms. The zero-order valence-electron chi connectivity index (χ0n) is 10.7. The third-order valence-corrected chi connectivity index (χ3v) is 4.70. The van der Waals surface area contributed by atoms with Crippen LogP contribution in [-0.2, 0) is 0 Å². The molecule has 2 rings (SSSR count). The summed E-state index contributed by atoms with van der Waals surface area (Å²) in [4.78, 5) is 0. The van der Waals surface area contributed by atoms with Gasteiger partial charge in [-0.15, -0.1) is 0 Å². The van der Waals surface area contributed by atoms with Crippen molar-refractivity contribution in [1.29, 1.82) is 0 Å². The molecule has 0 heterocycles. The number of hydrogen-bond donors (Lipinski definition) is 0. The highest BCUT2D eigenvalue weighted by Crippen LogP contribution is 2.49. The van der Waals surface area contributed by atoms with Gasteiger partial charge in [0.05, 0.1) is 0 Å². The van der Waals surface area contributed by atoms with Gasteiger partial charge in [0.1, 0.15) is 0 Å². The minimum atomic E-state index is 0.318. The summed E-state index contributed by atoms with van der Waals surface area (Å²) in [5.41, 5.74) is 1.83. The third-order valence-electron chi connectivity index (χ3n) is 4.70. The zero-order valence-corrected chi connectivity index (χ0v) is 10.7. The number of rotatable bonds is 1. The van der Waals surface area contributed by atoms with Gasteiger partial charge in [-0.2, -0.15) is 0 Å². The van der Waals surface area contributed by atoms with Gasteiger partial charge in [0, 0.05) is 0 Å². The van der Waals surface area contributed by atoms with Crippen molar-refractivity contribution in [3.8, 4) is 0 Å². The molecule has 2 aliphatic rings. The van der Waals surface area contributed by atoms with E-state index in [4.69, 9.17) is 0 Å². The monoisotopic (exact) mass is 206 g/mol. The molecule has 0 aromatic carbocycles. The van der Waals surface area contributed by atoms with Gasteiger partial charge in [0.2, 0.25) is 0 Å². The molecule has 0 bridgehead atoms. The maximum absolute atomic E-state index is 4.37. The van der Waals surface area contributed by atoms with Crippen LogP contribution in [0.1, 0.15) is 59.3 Å². The fraction of sp³-hybridized carbons (Fsp3) is 0.867. The minimum Gasteiger partial charge on any atom is -0.0991 e. The van der Waals surface area contributed by atoms with E-state index in [2.05, 4.69) is 27.4 Å². The Hall–Kier alpha value is -0.260. The second kappa shape index (κ2) is 3.96. The van der Waals surface area contributed by atoms with E-state index >= 15 is 0 Å². The van der Waals surface area contributed by atoms with E-state index in [1.165, 1.54) is 44.1 Å². The zero-order chi connectivity index (χ0) is 11.1. The molecule has 0 amide bonds. The van der Waals surface area contributed by atoms with Crippen molar-refractivity contribution in [1.82, 2.24) is 0 Å². The van der Waals surface area contributed by atoms with Crippen LogP contribution in [0.3, 0.4) is 0 Å². The minimum absolute atomic E-state index is 0.318. The van der Waals surface area contributed by atoms with Crippen molar-refractivity contribution >= 4 is 0 Å². The first kappa shape index (κ1) is 11.2. The molecular formula is C15H26. The molecule has 2 unspecified atom stereocenters. The Morgan fingerprint density at radius 3 is 1.87 bits per heavy atom. The molecule has 0 aromatic rings. The van der Waals surface area contributed by atoms with Crippen LogP contribution in [0.4, 0.5) is 0 Å². The lowest BCUT2D eigenvalue weighted by atomic mass is 9.78. The normalized spacial score (nSPS) is 36.3. The van der Waals surface area contributed by atoms with E-state index in [1.54, 1.807) is 0 Å². The second-order valence-corrected chi connectivity index (χ2v) is 6.75. The third kappa shape index (κ3) is 2.29. The van der Waals surface area contributed by atoms with Gasteiger partial charge in [-0.1, -0.05) is 58.6 Å². The van der Waals surface area contributed by atoms with Crippen LogP contribution in [0.5, 0.6) is 0 Å². The summed E-state index contributed by atoms with van der Waals surface area (Å²) >= 11 is 0. The van der Waals surface area contributed by atoms with Gasteiger partial charge < -0.3 is 0 Å². The van der Waals surface area contributed by atoms with E-state index in [0.29, 0.717) is 5.41 Å². The maximum Gasteiger partial charge on any atom is -0.0173 e. The molecule has 2 aliphatic carbocycles. The van der Waals surface area contributed by atoms with Crippen molar-refractivity contribution < 1.29 is 0 Å². The van der Waals surface area contributed by atoms with Gasteiger partial charge in [0.25, 0.3) is 0 Å². The Kier molecular flexibility index (Phi) is 2.96. The molecule has 2 saturated carbocycles. The molecule has 2 atom stereocenters. The Bertz CT molecular complexity index is 229. The van der Waals surface area contributed by atoms with Gasteiger partial charge in [0.15, 0.2) is 0 Å². The van der Waals surface area contributed by atoms with Gasteiger partial charge in [-0.05, 0) is 36.0 Å². The van der Waals surface area contributed by atoms with E-state index in [-0.39, 0.29) is 0 Å². The van der Waals surface area contributed by atoms with Gasteiger partial charge in [-0.25, -0.2) is 0 Å². The van der Waals surface area contributed by atoms with E-state index in [1.807, 2.05) is 0 Å². The largest absolute Gasteiger partial charge is 0.0991 e. The van der Waals surface area contributed by atoms with Crippen LogP contribution in [0, 0.1) is 23.2 Å². The summed E-state index contributed by atoms with van der Waals surface area (Å²) in [5, 5.41) is 0. The summed E-state index contributed by atoms with van der Waals surface area (Å²) in [5.74, 6) is 2.92. The van der Waals surface area contributed by atoms with Gasteiger partial charge in [-0.3, -0.25) is 0 Å². The first-order valence-electron chi connectivity index (χ1n) is 6.68. The molecule has 0 N–H and O–H groups in total. The van der Waals surface area contributed by atoms with E-state index in [0.717, 1.165) is 17.8 Å². The Labute approximate surface area is 95.1 Å². The Morgan fingerprint density at radius 1 is 1.00 bits per heavy atom.